The van der Waals surface area contributed by atoms with Gasteiger partial charge in [-0.15, -0.1) is 0 Å². The van der Waals surface area contributed by atoms with E-state index in [0.29, 0.717) is 12.1 Å². The second-order valence-electron chi connectivity index (χ2n) is 9.39. The fraction of sp³-hybridized carbons (Fsp3) is 0.577. The highest BCUT2D eigenvalue weighted by Crippen LogP contribution is 2.33. The summed E-state index contributed by atoms with van der Waals surface area (Å²) in [6.45, 7) is 8.43. The molecule has 12 heteroatoms. The summed E-state index contributed by atoms with van der Waals surface area (Å²) in [6.07, 6.45) is 4.58. The SMILES string of the molecule is CC(Oc1nsc(NC(=O)NCCCCCCCN2CCN(CCO)CC2)c1C(N)=O)c1ccccc1F. The lowest BCUT2D eigenvalue weighted by molar-refractivity contribution is 0.0994. The molecule has 1 aliphatic heterocycles. The van der Waals surface area contributed by atoms with E-state index in [1.165, 1.54) is 6.07 Å². The molecule has 1 aromatic carbocycles. The number of aliphatic hydroxyl groups excluding tert-OH is 1. The van der Waals surface area contributed by atoms with Crippen LogP contribution in [0.1, 0.15) is 61.1 Å². The number of hydrogen-bond acceptors (Lipinski definition) is 8. The molecule has 2 aromatic rings. The molecule has 1 unspecified atom stereocenters. The third-order valence-corrected chi connectivity index (χ3v) is 7.33. The Morgan fingerprint density at radius 3 is 2.45 bits per heavy atom. The molecule has 0 bridgehead atoms. The average Bonchev–Trinajstić information content (AvgIpc) is 3.28. The molecule has 3 rings (SSSR count). The Balaban J connectivity index is 1.32. The number of nitrogens with one attached hydrogen (secondary N) is 2. The van der Waals surface area contributed by atoms with E-state index in [4.69, 9.17) is 15.6 Å². The van der Waals surface area contributed by atoms with Crippen LogP contribution in [0.5, 0.6) is 5.88 Å². The van der Waals surface area contributed by atoms with Gasteiger partial charge in [-0.1, -0.05) is 37.5 Å². The van der Waals surface area contributed by atoms with Gasteiger partial charge in [-0.25, -0.2) is 9.18 Å². The average molecular weight is 551 g/mol. The number of halogens is 1. The van der Waals surface area contributed by atoms with E-state index >= 15 is 0 Å². The van der Waals surface area contributed by atoms with Crippen molar-refractivity contribution in [2.24, 2.45) is 5.73 Å². The summed E-state index contributed by atoms with van der Waals surface area (Å²) in [5.74, 6) is -1.26. The van der Waals surface area contributed by atoms with E-state index in [0.717, 1.165) is 82.9 Å². The van der Waals surface area contributed by atoms with Crippen molar-refractivity contribution in [3.63, 3.8) is 0 Å². The number of ether oxygens (including phenoxy) is 1. The molecule has 0 saturated carbocycles. The molecule has 3 amide bonds. The summed E-state index contributed by atoms with van der Waals surface area (Å²) in [4.78, 5) is 29.2. The van der Waals surface area contributed by atoms with Gasteiger partial charge < -0.3 is 25.8 Å². The summed E-state index contributed by atoms with van der Waals surface area (Å²) in [6, 6.07) is 5.73. The number of carbonyl (C=O) groups is 2. The highest BCUT2D eigenvalue weighted by atomic mass is 32.1. The molecule has 5 N–H and O–H groups in total. The predicted molar refractivity (Wildman–Crippen MR) is 146 cm³/mol. The van der Waals surface area contributed by atoms with Gasteiger partial charge in [-0.05, 0) is 43.9 Å². The maximum absolute atomic E-state index is 14.1. The van der Waals surface area contributed by atoms with Crippen LogP contribution in [0.2, 0.25) is 0 Å². The molecule has 38 heavy (non-hydrogen) atoms. The van der Waals surface area contributed by atoms with E-state index in [1.54, 1.807) is 25.1 Å². The van der Waals surface area contributed by atoms with Crippen LogP contribution >= 0.6 is 11.5 Å². The molecule has 1 aliphatic rings. The zero-order chi connectivity index (χ0) is 27.3. The smallest absolute Gasteiger partial charge is 0.319 e. The third kappa shape index (κ3) is 9.19. The normalized spacial score (nSPS) is 15.2. The van der Waals surface area contributed by atoms with Crippen molar-refractivity contribution in [1.82, 2.24) is 19.5 Å². The van der Waals surface area contributed by atoms with Gasteiger partial charge in [0.2, 0.25) is 5.88 Å². The molecule has 2 heterocycles. The molecule has 1 fully saturated rings. The first kappa shape index (κ1) is 29.8. The van der Waals surface area contributed by atoms with E-state index in [1.807, 2.05) is 0 Å². The molecule has 1 aromatic heterocycles. The van der Waals surface area contributed by atoms with E-state index in [2.05, 4.69) is 24.8 Å². The number of nitrogens with zero attached hydrogens (tertiary/aromatic N) is 3. The standard InChI is InChI=1S/C26H39FN6O4S/c1-19(20-9-5-6-10-21(20)27)37-24-22(23(28)35)25(38-31-24)30-26(36)29-11-7-3-2-4-8-12-32-13-15-33(16-14-32)17-18-34/h5-6,9-10,19,34H,2-4,7-8,11-18H2,1H3,(H2,28,35)(H2,29,30,36). The van der Waals surface area contributed by atoms with Crippen molar-refractivity contribution < 1.29 is 23.8 Å². The summed E-state index contributed by atoms with van der Waals surface area (Å²) < 4.78 is 23.9. The molecule has 1 saturated heterocycles. The van der Waals surface area contributed by atoms with Crippen LogP contribution in [0.3, 0.4) is 0 Å². The lowest BCUT2D eigenvalue weighted by atomic mass is 10.1. The molecule has 1 atom stereocenters. The monoisotopic (exact) mass is 550 g/mol. The van der Waals surface area contributed by atoms with Gasteiger partial charge in [-0.2, -0.15) is 4.37 Å². The number of primary amides is 1. The Morgan fingerprint density at radius 2 is 1.76 bits per heavy atom. The fourth-order valence-corrected chi connectivity index (χ4v) is 5.14. The maximum Gasteiger partial charge on any atom is 0.319 e. The number of aromatic nitrogens is 1. The highest BCUT2D eigenvalue weighted by molar-refractivity contribution is 7.11. The molecule has 10 nitrogen and oxygen atoms in total. The zero-order valence-corrected chi connectivity index (χ0v) is 22.8. The van der Waals surface area contributed by atoms with Crippen molar-refractivity contribution in [2.45, 2.75) is 45.1 Å². The van der Waals surface area contributed by atoms with Crippen molar-refractivity contribution in [2.75, 3.05) is 57.7 Å². The van der Waals surface area contributed by atoms with Crippen LogP contribution in [-0.4, -0.2) is 83.6 Å². The van der Waals surface area contributed by atoms with Crippen LogP contribution in [0.15, 0.2) is 24.3 Å². The quantitative estimate of drug-likeness (QED) is 0.250. The number of hydrogen-bond donors (Lipinski definition) is 4. The van der Waals surface area contributed by atoms with E-state index in [-0.39, 0.29) is 23.1 Å². The Morgan fingerprint density at radius 1 is 1.11 bits per heavy atom. The number of unbranched alkanes of at least 4 members (excludes halogenated alkanes) is 4. The third-order valence-electron chi connectivity index (χ3n) is 6.58. The summed E-state index contributed by atoms with van der Waals surface area (Å²) in [5, 5.41) is 14.6. The number of rotatable bonds is 15. The van der Waals surface area contributed by atoms with Gasteiger partial charge in [0, 0.05) is 44.8 Å². The first-order valence-corrected chi connectivity index (χ1v) is 14.0. The Kier molecular flexibility index (Phi) is 12.2. The number of β-amino-alcohol motifs (C(OH)–C–C–N with tert-alkyl or cyclic N) is 1. The van der Waals surface area contributed by atoms with Crippen molar-refractivity contribution in [3.05, 3.63) is 41.2 Å². The zero-order valence-electron chi connectivity index (χ0n) is 22.0. The van der Waals surface area contributed by atoms with Gasteiger partial charge in [0.05, 0.1) is 6.61 Å². The number of amides is 3. The minimum atomic E-state index is -0.795. The Hall–Kier alpha value is -2.80. The molecule has 0 aliphatic carbocycles. The first-order chi connectivity index (χ1) is 18.4. The minimum absolute atomic E-state index is 0.0388. The molecular formula is C26H39FN6O4S. The van der Waals surface area contributed by atoms with Crippen molar-refractivity contribution >= 4 is 28.5 Å². The van der Waals surface area contributed by atoms with Crippen LogP contribution < -0.4 is 21.1 Å². The van der Waals surface area contributed by atoms with Crippen molar-refractivity contribution in [1.29, 1.82) is 0 Å². The van der Waals surface area contributed by atoms with Gasteiger partial charge in [0.1, 0.15) is 22.5 Å². The highest BCUT2D eigenvalue weighted by Gasteiger charge is 2.24. The second-order valence-corrected chi connectivity index (χ2v) is 10.2. The summed E-state index contributed by atoms with van der Waals surface area (Å²) in [5.41, 5.74) is 5.79. The molecular weight excluding hydrogens is 511 g/mol. The van der Waals surface area contributed by atoms with Gasteiger partial charge >= 0.3 is 6.03 Å². The lowest BCUT2D eigenvalue weighted by Crippen LogP contribution is -2.47. The van der Waals surface area contributed by atoms with Gasteiger partial charge in [0.25, 0.3) is 5.91 Å². The van der Waals surface area contributed by atoms with Crippen LogP contribution in [-0.2, 0) is 0 Å². The number of piperazine rings is 1. The minimum Gasteiger partial charge on any atom is -0.468 e. The van der Waals surface area contributed by atoms with Crippen LogP contribution in [0.4, 0.5) is 14.2 Å². The van der Waals surface area contributed by atoms with Crippen molar-refractivity contribution in [3.8, 4) is 5.88 Å². The fourth-order valence-electron chi connectivity index (χ4n) is 4.41. The van der Waals surface area contributed by atoms with Crippen LogP contribution in [0, 0.1) is 5.82 Å². The van der Waals surface area contributed by atoms with E-state index in [9.17, 15) is 14.0 Å². The Bertz CT molecular complexity index is 1030. The maximum atomic E-state index is 14.1. The number of nitrogens with two attached hydrogens (primary N) is 1. The number of benzene rings is 1. The number of aliphatic hydroxyl groups is 1. The van der Waals surface area contributed by atoms with Gasteiger partial charge in [0.15, 0.2) is 0 Å². The summed E-state index contributed by atoms with van der Waals surface area (Å²) >= 11 is 0.882. The number of carbonyl (C=O) groups excluding carboxylic acids is 2. The number of urea groups is 1. The van der Waals surface area contributed by atoms with Gasteiger partial charge in [-0.3, -0.25) is 15.0 Å². The molecule has 0 radical (unpaired) electrons. The molecule has 0 spiro atoms. The largest absolute Gasteiger partial charge is 0.468 e. The molecule has 210 valence electrons. The first-order valence-electron chi connectivity index (χ1n) is 13.2. The second kappa shape index (κ2) is 15.6. The van der Waals surface area contributed by atoms with Crippen LogP contribution in [0.25, 0.3) is 0 Å². The summed E-state index contributed by atoms with van der Waals surface area (Å²) in [7, 11) is 0. The van der Waals surface area contributed by atoms with E-state index < -0.39 is 23.9 Å². The lowest BCUT2D eigenvalue weighted by Gasteiger charge is -2.34. The Labute approximate surface area is 227 Å². The predicted octanol–water partition coefficient (Wildman–Crippen LogP) is 3.20. The topological polar surface area (TPSA) is 133 Å². The number of anilines is 1.